The van der Waals surface area contributed by atoms with E-state index in [-0.39, 0.29) is 25.5 Å². The number of hydrogen-bond donors (Lipinski definition) is 5. The van der Waals surface area contributed by atoms with Crippen molar-refractivity contribution in [2.24, 2.45) is 11.5 Å². The van der Waals surface area contributed by atoms with Crippen LogP contribution in [-0.2, 0) is 32.0 Å². The van der Waals surface area contributed by atoms with Crippen molar-refractivity contribution in [2.75, 3.05) is 18.1 Å². The number of carbonyl (C=O) groups is 3. The highest BCUT2D eigenvalue weighted by Gasteiger charge is 2.45. The summed E-state index contributed by atoms with van der Waals surface area (Å²) in [6, 6.07) is 13.7. The van der Waals surface area contributed by atoms with Gasteiger partial charge in [0.15, 0.2) is 12.1 Å². The number of amides is 1. The molecule has 12 heteroatoms. The van der Waals surface area contributed by atoms with Crippen LogP contribution in [0.4, 0.5) is 10.5 Å². The fourth-order valence-corrected chi connectivity index (χ4v) is 3.67. The van der Waals surface area contributed by atoms with E-state index in [9.17, 15) is 19.5 Å². The second-order valence-electron chi connectivity index (χ2n) is 9.96. The normalized spacial score (nSPS) is 16.8. The molecule has 1 aliphatic heterocycles. The molecule has 1 aliphatic rings. The molecule has 1 amide bonds. The average Bonchev–Trinajstić information content (AvgIpc) is 3.21. The van der Waals surface area contributed by atoms with Crippen LogP contribution in [0.5, 0.6) is 5.75 Å². The molecule has 0 saturated carbocycles. The maximum Gasteiger partial charge on any atom is 0.414 e. The number of carboxylic acid groups (broad SMARTS) is 1. The number of nitrogens with one attached hydrogen (secondary N) is 2. The lowest BCUT2D eigenvalue weighted by molar-refractivity contribution is -0.169. The second kappa shape index (κ2) is 11.4. The van der Waals surface area contributed by atoms with Gasteiger partial charge in [0.1, 0.15) is 18.0 Å². The molecule has 0 aromatic heterocycles. The van der Waals surface area contributed by atoms with Gasteiger partial charge in [-0.3, -0.25) is 10.3 Å². The van der Waals surface area contributed by atoms with Crippen LogP contribution in [0.2, 0.25) is 0 Å². The first kappa shape index (κ1) is 28.3. The molecule has 2 aromatic rings. The number of esters is 1. The van der Waals surface area contributed by atoms with Crippen LogP contribution in [0.1, 0.15) is 31.9 Å². The highest BCUT2D eigenvalue weighted by molar-refractivity contribution is 6.04. The van der Waals surface area contributed by atoms with Gasteiger partial charge in [0, 0.05) is 18.7 Å². The number of anilines is 1. The molecule has 7 N–H and O–H groups in total. The molecule has 2 unspecified atom stereocenters. The Bertz CT molecular complexity index is 1200. The van der Waals surface area contributed by atoms with Gasteiger partial charge in [-0.1, -0.05) is 24.3 Å². The number of guanidine groups is 1. The summed E-state index contributed by atoms with van der Waals surface area (Å²) < 4.78 is 16.4. The first-order valence-electron chi connectivity index (χ1n) is 11.9. The van der Waals surface area contributed by atoms with E-state index >= 15 is 0 Å². The highest BCUT2D eigenvalue weighted by atomic mass is 16.6. The number of nitrogens with two attached hydrogens (primary N) is 2. The Morgan fingerprint density at radius 3 is 2.47 bits per heavy atom. The number of benzene rings is 2. The Balaban J connectivity index is 1.58. The SMILES string of the molecule is CC(C)(C)OC(=O)C(N)(Cc1ccc(OCC2CN(c3cccc(CNC(=N)N)c3)C(=O)O2)cc1)C(=O)O. The molecule has 12 nitrogen and oxygen atoms in total. The summed E-state index contributed by atoms with van der Waals surface area (Å²) in [6.07, 6.45) is -1.29. The number of ether oxygens (including phenoxy) is 3. The molecule has 0 spiro atoms. The predicted octanol–water partition coefficient (Wildman–Crippen LogP) is 1.74. The average molecular weight is 528 g/mol. The van der Waals surface area contributed by atoms with E-state index in [1.807, 2.05) is 12.1 Å². The van der Waals surface area contributed by atoms with Crippen molar-refractivity contribution in [3.8, 4) is 5.75 Å². The van der Waals surface area contributed by atoms with Crippen molar-refractivity contribution in [3.05, 3.63) is 59.7 Å². The van der Waals surface area contributed by atoms with Gasteiger partial charge in [0.05, 0.1) is 6.54 Å². The van der Waals surface area contributed by atoms with Crippen LogP contribution >= 0.6 is 0 Å². The lowest BCUT2D eigenvalue weighted by Crippen LogP contribution is -2.58. The van der Waals surface area contributed by atoms with Gasteiger partial charge >= 0.3 is 18.0 Å². The maximum absolute atomic E-state index is 12.5. The largest absolute Gasteiger partial charge is 0.490 e. The summed E-state index contributed by atoms with van der Waals surface area (Å²) in [5.41, 5.74) is 10.1. The van der Waals surface area contributed by atoms with Crippen LogP contribution < -0.4 is 26.4 Å². The van der Waals surface area contributed by atoms with E-state index in [4.69, 9.17) is 31.1 Å². The van der Waals surface area contributed by atoms with Crippen molar-refractivity contribution in [1.82, 2.24) is 5.32 Å². The monoisotopic (exact) mass is 527 g/mol. The topological polar surface area (TPSA) is 190 Å². The zero-order valence-corrected chi connectivity index (χ0v) is 21.5. The summed E-state index contributed by atoms with van der Waals surface area (Å²) in [4.78, 5) is 38.2. The summed E-state index contributed by atoms with van der Waals surface area (Å²) in [5.74, 6) is -2.18. The number of rotatable bonds is 10. The zero-order valence-electron chi connectivity index (χ0n) is 21.5. The van der Waals surface area contributed by atoms with E-state index in [0.717, 1.165) is 5.56 Å². The van der Waals surface area contributed by atoms with Crippen molar-refractivity contribution < 1.29 is 33.7 Å². The lowest BCUT2D eigenvalue weighted by Gasteiger charge is -2.28. The minimum absolute atomic E-state index is 0.0982. The van der Waals surface area contributed by atoms with E-state index in [2.05, 4.69) is 5.32 Å². The molecule has 204 valence electrons. The smallest absolute Gasteiger partial charge is 0.414 e. The number of carbonyl (C=O) groups excluding carboxylic acids is 2. The standard InChI is InChI=1S/C26H33N5O7/c1-25(2,3)38-22(34)26(29,21(32)33)12-16-7-9-19(10-8-16)36-15-20-14-31(24(35)37-20)18-6-4-5-17(11-18)13-30-23(27)28/h4-11,20H,12-15,29H2,1-3H3,(H,32,33)(H4,27,28,30). The van der Waals surface area contributed by atoms with Gasteiger partial charge in [-0.25, -0.2) is 14.4 Å². The first-order valence-corrected chi connectivity index (χ1v) is 11.9. The van der Waals surface area contributed by atoms with Gasteiger partial charge in [-0.15, -0.1) is 0 Å². The molecule has 0 aliphatic carbocycles. The van der Waals surface area contributed by atoms with E-state index in [0.29, 0.717) is 23.5 Å². The fraction of sp³-hybridized carbons (Fsp3) is 0.385. The summed E-state index contributed by atoms with van der Waals surface area (Å²) in [5, 5.41) is 19.6. The van der Waals surface area contributed by atoms with Crippen LogP contribution in [-0.4, -0.2) is 59.5 Å². The molecular formula is C26H33N5O7. The van der Waals surface area contributed by atoms with Crippen LogP contribution in [0.15, 0.2) is 48.5 Å². The van der Waals surface area contributed by atoms with Gasteiger partial charge in [-0.05, 0) is 56.2 Å². The Kier molecular flexibility index (Phi) is 8.46. The zero-order chi connectivity index (χ0) is 28.1. The second-order valence-corrected chi connectivity index (χ2v) is 9.96. The Morgan fingerprint density at radius 2 is 1.87 bits per heavy atom. The van der Waals surface area contributed by atoms with Gasteiger partial charge < -0.3 is 36.1 Å². The molecule has 0 bridgehead atoms. The third-order valence-electron chi connectivity index (χ3n) is 5.57. The van der Waals surface area contributed by atoms with Gasteiger partial charge in [-0.2, -0.15) is 0 Å². The summed E-state index contributed by atoms with van der Waals surface area (Å²) in [7, 11) is 0. The van der Waals surface area contributed by atoms with E-state index < -0.39 is 35.3 Å². The van der Waals surface area contributed by atoms with Crippen LogP contribution in [0, 0.1) is 5.41 Å². The highest BCUT2D eigenvalue weighted by Crippen LogP contribution is 2.24. The molecule has 1 fully saturated rings. The van der Waals surface area contributed by atoms with Crippen molar-refractivity contribution >= 4 is 29.7 Å². The maximum atomic E-state index is 12.5. The molecule has 3 rings (SSSR count). The number of nitrogens with zero attached hydrogens (tertiary/aromatic N) is 1. The first-order chi connectivity index (χ1) is 17.8. The Labute approximate surface area is 220 Å². The van der Waals surface area contributed by atoms with Gasteiger partial charge in [0.25, 0.3) is 0 Å². The molecule has 38 heavy (non-hydrogen) atoms. The minimum Gasteiger partial charge on any atom is -0.490 e. The number of carboxylic acids is 1. The lowest BCUT2D eigenvalue weighted by atomic mass is 9.91. The van der Waals surface area contributed by atoms with Crippen molar-refractivity contribution in [3.63, 3.8) is 0 Å². The molecule has 1 heterocycles. The summed E-state index contributed by atoms with van der Waals surface area (Å²) >= 11 is 0. The molecule has 1 saturated heterocycles. The van der Waals surface area contributed by atoms with Crippen LogP contribution in [0.3, 0.4) is 0 Å². The quantitative estimate of drug-likeness (QED) is 0.132. The Morgan fingerprint density at radius 1 is 1.18 bits per heavy atom. The van der Waals surface area contributed by atoms with E-state index in [1.165, 1.54) is 4.90 Å². The van der Waals surface area contributed by atoms with E-state index in [1.54, 1.807) is 57.2 Å². The number of aliphatic carboxylic acids is 1. The third-order valence-corrected chi connectivity index (χ3v) is 5.57. The minimum atomic E-state index is -2.24. The number of cyclic esters (lactones) is 1. The predicted molar refractivity (Wildman–Crippen MR) is 139 cm³/mol. The van der Waals surface area contributed by atoms with Crippen LogP contribution in [0.25, 0.3) is 0 Å². The summed E-state index contributed by atoms with van der Waals surface area (Å²) in [6.45, 7) is 5.62. The van der Waals surface area contributed by atoms with Gasteiger partial charge in [0.2, 0.25) is 5.54 Å². The molecule has 2 aromatic carbocycles. The Hall–Kier alpha value is -4.32. The number of hydrogen-bond acceptors (Lipinski definition) is 8. The third kappa shape index (κ3) is 7.35. The fourth-order valence-electron chi connectivity index (χ4n) is 3.67. The molecular weight excluding hydrogens is 494 g/mol. The van der Waals surface area contributed by atoms with Crippen molar-refractivity contribution in [2.45, 2.75) is 51.0 Å². The van der Waals surface area contributed by atoms with Crippen molar-refractivity contribution in [1.29, 1.82) is 5.41 Å². The molecule has 0 radical (unpaired) electrons. The molecule has 2 atom stereocenters.